The second-order valence-corrected chi connectivity index (χ2v) is 7.30. The second kappa shape index (κ2) is 6.50. The molecule has 0 radical (unpaired) electrons. The van der Waals surface area contributed by atoms with Crippen molar-refractivity contribution in [1.29, 1.82) is 0 Å². The molecule has 0 amide bonds. The van der Waals surface area contributed by atoms with Crippen LogP contribution in [0.3, 0.4) is 0 Å². The summed E-state index contributed by atoms with van der Waals surface area (Å²) in [5.74, 6) is 0.937. The van der Waals surface area contributed by atoms with Crippen LogP contribution in [-0.4, -0.2) is 36.1 Å². The van der Waals surface area contributed by atoms with E-state index in [9.17, 15) is 0 Å². The van der Waals surface area contributed by atoms with Gasteiger partial charge in [0, 0.05) is 24.7 Å². The first-order valence-electron chi connectivity index (χ1n) is 8.71. The fourth-order valence-electron chi connectivity index (χ4n) is 3.83. The fraction of sp³-hybridized carbons (Fsp3) is 0.684. The summed E-state index contributed by atoms with van der Waals surface area (Å²) in [6, 6.07) is 11.6. The summed E-state index contributed by atoms with van der Waals surface area (Å²) in [7, 11) is 0. The Labute approximate surface area is 129 Å². The van der Waals surface area contributed by atoms with E-state index >= 15 is 0 Å². The monoisotopic (exact) mass is 286 g/mol. The van der Waals surface area contributed by atoms with Gasteiger partial charge in [-0.2, -0.15) is 0 Å². The van der Waals surface area contributed by atoms with Gasteiger partial charge < -0.3 is 5.32 Å². The number of hydrogen-bond acceptors (Lipinski definition) is 2. The minimum absolute atomic E-state index is 0.416. The highest BCUT2D eigenvalue weighted by Crippen LogP contribution is 2.44. The number of unbranched alkanes of at least 4 members (excludes halogenated alkanes) is 1. The van der Waals surface area contributed by atoms with E-state index in [1.54, 1.807) is 0 Å². The summed E-state index contributed by atoms with van der Waals surface area (Å²) in [4.78, 5) is 2.79. The number of rotatable bonds is 6. The first-order valence-corrected chi connectivity index (χ1v) is 8.71. The maximum absolute atomic E-state index is 3.70. The van der Waals surface area contributed by atoms with Gasteiger partial charge in [0.15, 0.2) is 0 Å². The molecule has 1 aliphatic heterocycles. The van der Waals surface area contributed by atoms with E-state index in [1.165, 1.54) is 57.3 Å². The Balaban J connectivity index is 1.48. The summed E-state index contributed by atoms with van der Waals surface area (Å²) in [6.07, 6.45) is 6.73. The zero-order valence-electron chi connectivity index (χ0n) is 13.6. The van der Waals surface area contributed by atoms with Crippen molar-refractivity contribution in [2.24, 2.45) is 5.92 Å². The Kier molecular flexibility index (Phi) is 4.66. The van der Waals surface area contributed by atoms with Crippen molar-refractivity contribution in [3.05, 3.63) is 35.9 Å². The molecule has 0 spiro atoms. The lowest BCUT2D eigenvalue weighted by molar-refractivity contribution is 0.0371. The lowest BCUT2D eigenvalue weighted by Crippen LogP contribution is -2.63. The van der Waals surface area contributed by atoms with E-state index in [1.807, 2.05) is 0 Å². The molecule has 2 atom stereocenters. The third-order valence-corrected chi connectivity index (χ3v) is 5.47. The first-order chi connectivity index (χ1) is 10.2. The van der Waals surface area contributed by atoms with Crippen LogP contribution in [0, 0.1) is 5.92 Å². The van der Waals surface area contributed by atoms with Crippen LogP contribution in [0.15, 0.2) is 30.3 Å². The van der Waals surface area contributed by atoms with Gasteiger partial charge in [0.05, 0.1) is 0 Å². The molecule has 1 aromatic carbocycles. The largest absolute Gasteiger partial charge is 0.311 e. The van der Waals surface area contributed by atoms with Crippen LogP contribution < -0.4 is 5.32 Å². The number of nitrogens with one attached hydrogen (secondary N) is 1. The predicted octanol–water partition coefficient (Wildman–Crippen LogP) is 3.47. The molecule has 21 heavy (non-hydrogen) atoms. The molecule has 0 aromatic heterocycles. The highest BCUT2D eigenvalue weighted by atomic mass is 15.3. The Morgan fingerprint density at radius 1 is 1.19 bits per heavy atom. The summed E-state index contributed by atoms with van der Waals surface area (Å²) in [5, 5.41) is 3.70. The minimum atomic E-state index is 0.416. The van der Waals surface area contributed by atoms with E-state index in [0.717, 1.165) is 5.92 Å². The molecule has 1 N–H and O–H groups in total. The van der Waals surface area contributed by atoms with Crippen LogP contribution >= 0.6 is 0 Å². The van der Waals surface area contributed by atoms with Crippen LogP contribution in [0.4, 0.5) is 0 Å². The van der Waals surface area contributed by atoms with Crippen LogP contribution in [0.1, 0.15) is 45.1 Å². The van der Waals surface area contributed by atoms with Gasteiger partial charge in [0.1, 0.15) is 0 Å². The smallest absolute Gasteiger partial charge is 0.0334 e. The average molecular weight is 286 g/mol. The van der Waals surface area contributed by atoms with Gasteiger partial charge in [-0.1, -0.05) is 30.3 Å². The molecule has 2 nitrogen and oxygen atoms in total. The second-order valence-electron chi connectivity index (χ2n) is 7.30. The predicted molar refractivity (Wildman–Crippen MR) is 89.5 cm³/mol. The van der Waals surface area contributed by atoms with Crippen LogP contribution in [0.2, 0.25) is 0 Å². The van der Waals surface area contributed by atoms with Gasteiger partial charge in [0.25, 0.3) is 0 Å². The molecule has 1 aromatic rings. The molecule has 2 heteroatoms. The van der Waals surface area contributed by atoms with Gasteiger partial charge in [0.2, 0.25) is 0 Å². The molecule has 1 saturated carbocycles. The van der Waals surface area contributed by atoms with Crippen molar-refractivity contribution < 1.29 is 0 Å². The third-order valence-electron chi connectivity index (χ3n) is 5.47. The van der Waals surface area contributed by atoms with Crippen molar-refractivity contribution in [2.75, 3.05) is 19.6 Å². The van der Waals surface area contributed by atoms with E-state index in [-0.39, 0.29) is 0 Å². The standard InChI is InChI=1S/C19H30N2/c1-16-14-21(19(2,15-20-16)18-11-12-18)13-7-6-10-17-8-4-3-5-9-17/h3-5,8-9,16,18,20H,6-7,10-15H2,1-2H3. The highest BCUT2D eigenvalue weighted by molar-refractivity contribution is 5.14. The Morgan fingerprint density at radius 3 is 2.67 bits per heavy atom. The van der Waals surface area contributed by atoms with Crippen LogP contribution in [0.5, 0.6) is 0 Å². The molecule has 1 aliphatic carbocycles. The third kappa shape index (κ3) is 3.67. The van der Waals surface area contributed by atoms with Crippen molar-refractivity contribution >= 4 is 0 Å². The minimum Gasteiger partial charge on any atom is -0.311 e. The first kappa shape index (κ1) is 15.1. The molecule has 2 fully saturated rings. The molecule has 116 valence electrons. The SMILES string of the molecule is CC1CN(CCCCc2ccccc2)C(C)(C2CC2)CN1. The van der Waals surface area contributed by atoms with E-state index in [4.69, 9.17) is 0 Å². The number of piperazine rings is 1. The maximum Gasteiger partial charge on any atom is 0.0334 e. The summed E-state index contributed by atoms with van der Waals surface area (Å²) in [5.41, 5.74) is 1.90. The molecular weight excluding hydrogens is 256 g/mol. The van der Waals surface area contributed by atoms with Crippen molar-refractivity contribution in [1.82, 2.24) is 10.2 Å². The van der Waals surface area contributed by atoms with Gasteiger partial charge in [-0.25, -0.2) is 0 Å². The quantitative estimate of drug-likeness (QED) is 0.806. The lowest BCUT2D eigenvalue weighted by atomic mass is 9.89. The topological polar surface area (TPSA) is 15.3 Å². The number of nitrogens with zero attached hydrogens (tertiary/aromatic N) is 1. The highest BCUT2D eigenvalue weighted by Gasteiger charge is 2.47. The number of hydrogen-bond donors (Lipinski definition) is 1. The van der Waals surface area contributed by atoms with Gasteiger partial charge >= 0.3 is 0 Å². The summed E-state index contributed by atoms with van der Waals surface area (Å²) < 4.78 is 0. The van der Waals surface area contributed by atoms with Crippen LogP contribution in [-0.2, 0) is 6.42 Å². The Hall–Kier alpha value is -0.860. The Morgan fingerprint density at radius 2 is 1.95 bits per heavy atom. The molecular formula is C19H30N2. The maximum atomic E-state index is 3.70. The Bertz CT molecular complexity index is 440. The fourth-order valence-corrected chi connectivity index (χ4v) is 3.83. The molecule has 3 rings (SSSR count). The zero-order valence-corrected chi connectivity index (χ0v) is 13.6. The van der Waals surface area contributed by atoms with Crippen molar-refractivity contribution in [3.63, 3.8) is 0 Å². The molecule has 0 bridgehead atoms. The van der Waals surface area contributed by atoms with Gasteiger partial charge in [-0.3, -0.25) is 4.90 Å². The van der Waals surface area contributed by atoms with E-state index in [2.05, 4.69) is 54.4 Å². The summed E-state index contributed by atoms with van der Waals surface area (Å²) in [6.45, 7) is 8.48. The van der Waals surface area contributed by atoms with E-state index in [0.29, 0.717) is 11.6 Å². The zero-order chi connectivity index (χ0) is 14.7. The molecule has 1 saturated heterocycles. The normalized spacial score (nSPS) is 30.5. The molecule has 2 unspecified atom stereocenters. The van der Waals surface area contributed by atoms with Crippen molar-refractivity contribution in [3.8, 4) is 0 Å². The average Bonchev–Trinajstić information content (AvgIpc) is 3.33. The van der Waals surface area contributed by atoms with Gasteiger partial charge in [-0.15, -0.1) is 0 Å². The van der Waals surface area contributed by atoms with Crippen LogP contribution in [0.25, 0.3) is 0 Å². The van der Waals surface area contributed by atoms with Gasteiger partial charge in [-0.05, 0) is 64.0 Å². The molecule has 2 aliphatic rings. The van der Waals surface area contributed by atoms with E-state index < -0.39 is 0 Å². The lowest BCUT2D eigenvalue weighted by Gasteiger charge is -2.48. The number of aryl methyl sites for hydroxylation is 1. The number of benzene rings is 1. The van der Waals surface area contributed by atoms with Crippen molar-refractivity contribution in [2.45, 2.75) is 57.5 Å². The summed E-state index contributed by atoms with van der Waals surface area (Å²) >= 11 is 0. The molecule has 1 heterocycles.